The van der Waals surface area contributed by atoms with Crippen LogP contribution in [-0.4, -0.2) is 16.8 Å². The van der Waals surface area contributed by atoms with Crippen molar-refractivity contribution in [3.63, 3.8) is 0 Å². The highest BCUT2D eigenvalue weighted by Gasteiger charge is 2.20. The molecular formula is C7H12OS. The maximum atomic E-state index is 10.7. The molecule has 2 heteroatoms. The van der Waals surface area contributed by atoms with Gasteiger partial charge in [0.2, 0.25) is 0 Å². The van der Waals surface area contributed by atoms with E-state index in [0.29, 0.717) is 11.0 Å². The minimum Gasteiger partial charge on any atom is -0.300 e. The van der Waals surface area contributed by atoms with Crippen molar-refractivity contribution in [1.29, 1.82) is 0 Å². The Morgan fingerprint density at radius 3 is 3.00 bits per heavy atom. The standard InChI is InChI=1S/C7H12OS/c1-2-9-7-4-3-6(8)5-7/h7H,2-5H2,1H3. The molecule has 0 radical (unpaired) electrons. The van der Waals surface area contributed by atoms with Crippen LogP contribution < -0.4 is 0 Å². The molecule has 0 spiro atoms. The largest absolute Gasteiger partial charge is 0.300 e. The quantitative estimate of drug-likeness (QED) is 0.588. The van der Waals surface area contributed by atoms with Crippen LogP contribution in [0.25, 0.3) is 0 Å². The van der Waals surface area contributed by atoms with Gasteiger partial charge in [0.15, 0.2) is 0 Å². The minimum absolute atomic E-state index is 0.459. The van der Waals surface area contributed by atoms with Crippen LogP contribution in [0, 0.1) is 0 Å². The lowest BCUT2D eigenvalue weighted by atomic mass is 10.4. The van der Waals surface area contributed by atoms with E-state index in [9.17, 15) is 4.79 Å². The Kier molecular flexibility index (Phi) is 2.58. The first kappa shape index (κ1) is 7.13. The molecule has 1 rings (SSSR count). The van der Waals surface area contributed by atoms with Gasteiger partial charge >= 0.3 is 0 Å². The van der Waals surface area contributed by atoms with Gasteiger partial charge in [-0.2, -0.15) is 11.8 Å². The van der Waals surface area contributed by atoms with Crippen molar-refractivity contribution in [3.05, 3.63) is 0 Å². The van der Waals surface area contributed by atoms with E-state index in [1.165, 1.54) is 0 Å². The van der Waals surface area contributed by atoms with E-state index in [1.807, 2.05) is 11.8 Å². The summed E-state index contributed by atoms with van der Waals surface area (Å²) >= 11 is 1.92. The molecule has 1 atom stereocenters. The molecule has 0 amide bonds. The molecule has 1 aliphatic carbocycles. The topological polar surface area (TPSA) is 17.1 Å². The Hall–Kier alpha value is 0.0200. The summed E-state index contributed by atoms with van der Waals surface area (Å²) in [6, 6.07) is 0. The molecule has 0 aromatic rings. The highest BCUT2D eigenvalue weighted by molar-refractivity contribution is 7.99. The van der Waals surface area contributed by atoms with Crippen LogP contribution in [0.15, 0.2) is 0 Å². The van der Waals surface area contributed by atoms with Crippen LogP contribution in [0.5, 0.6) is 0 Å². The number of hydrogen-bond donors (Lipinski definition) is 0. The maximum absolute atomic E-state index is 10.7. The zero-order chi connectivity index (χ0) is 6.69. The predicted molar refractivity (Wildman–Crippen MR) is 40.8 cm³/mol. The first-order valence-electron chi connectivity index (χ1n) is 3.46. The highest BCUT2D eigenvalue weighted by Crippen LogP contribution is 2.26. The summed E-state index contributed by atoms with van der Waals surface area (Å²) in [4.78, 5) is 10.7. The normalized spacial score (nSPS) is 27.2. The molecule has 1 nitrogen and oxygen atoms in total. The number of thioether (sulfide) groups is 1. The number of hydrogen-bond acceptors (Lipinski definition) is 2. The number of Topliss-reactive ketones (excluding diaryl/α,β-unsaturated/α-hetero) is 1. The Morgan fingerprint density at radius 2 is 2.56 bits per heavy atom. The van der Waals surface area contributed by atoms with Crippen molar-refractivity contribution in [2.24, 2.45) is 0 Å². The molecule has 52 valence electrons. The van der Waals surface area contributed by atoms with Crippen LogP contribution in [-0.2, 0) is 4.79 Å². The molecule has 0 bridgehead atoms. The van der Waals surface area contributed by atoms with Gasteiger partial charge in [0.05, 0.1) is 0 Å². The fourth-order valence-electron chi connectivity index (χ4n) is 1.16. The third-order valence-electron chi connectivity index (χ3n) is 1.60. The van der Waals surface area contributed by atoms with Gasteiger partial charge in [0.25, 0.3) is 0 Å². The van der Waals surface area contributed by atoms with E-state index in [4.69, 9.17) is 0 Å². The molecule has 0 aliphatic heterocycles. The molecule has 0 saturated heterocycles. The van der Waals surface area contributed by atoms with Crippen molar-refractivity contribution >= 4 is 17.5 Å². The fourth-order valence-corrected chi connectivity index (χ4v) is 2.22. The second-order valence-corrected chi connectivity index (χ2v) is 3.94. The first-order chi connectivity index (χ1) is 4.33. The van der Waals surface area contributed by atoms with Crippen LogP contribution in [0.4, 0.5) is 0 Å². The van der Waals surface area contributed by atoms with Gasteiger partial charge in [0, 0.05) is 18.1 Å². The SMILES string of the molecule is CCSC1CCC(=O)C1. The molecule has 1 fully saturated rings. The maximum Gasteiger partial charge on any atom is 0.134 e. The van der Waals surface area contributed by atoms with Gasteiger partial charge in [-0.05, 0) is 12.2 Å². The van der Waals surface area contributed by atoms with Crippen molar-refractivity contribution in [3.8, 4) is 0 Å². The zero-order valence-electron chi connectivity index (χ0n) is 5.72. The molecule has 1 unspecified atom stereocenters. The summed E-state index contributed by atoms with van der Waals surface area (Å²) in [5.41, 5.74) is 0. The molecule has 1 saturated carbocycles. The lowest BCUT2D eigenvalue weighted by Gasteiger charge is -2.02. The van der Waals surface area contributed by atoms with Crippen molar-refractivity contribution in [2.75, 3.05) is 5.75 Å². The molecule has 0 aromatic heterocycles. The average molecular weight is 144 g/mol. The van der Waals surface area contributed by atoms with Crippen molar-refractivity contribution < 1.29 is 4.79 Å². The summed E-state index contributed by atoms with van der Waals surface area (Å²) in [6.07, 6.45) is 2.79. The zero-order valence-corrected chi connectivity index (χ0v) is 6.54. The van der Waals surface area contributed by atoms with Gasteiger partial charge in [-0.1, -0.05) is 6.92 Å². The molecule has 0 aromatic carbocycles. The number of carbonyl (C=O) groups is 1. The number of rotatable bonds is 2. The Morgan fingerprint density at radius 1 is 1.78 bits per heavy atom. The second-order valence-electron chi connectivity index (χ2n) is 2.36. The summed E-state index contributed by atoms with van der Waals surface area (Å²) in [5, 5.41) is 0.655. The van der Waals surface area contributed by atoms with E-state index in [2.05, 4.69) is 6.92 Å². The second kappa shape index (κ2) is 3.25. The van der Waals surface area contributed by atoms with Crippen LogP contribution >= 0.6 is 11.8 Å². The predicted octanol–water partition coefficient (Wildman–Crippen LogP) is 1.86. The minimum atomic E-state index is 0.459. The van der Waals surface area contributed by atoms with Gasteiger partial charge in [-0.25, -0.2) is 0 Å². The monoisotopic (exact) mass is 144 g/mol. The lowest BCUT2D eigenvalue weighted by molar-refractivity contribution is -0.117. The lowest BCUT2D eigenvalue weighted by Crippen LogP contribution is -1.95. The van der Waals surface area contributed by atoms with E-state index in [0.717, 1.165) is 25.0 Å². The molecule has 1 aliphatic rings. The highest BCUT2D eigenvalue weighted by atomic mass is 32.2. The van der Waals surface area contributed by atoms with Crippen molar-refractivity contribution in [1.82, 2.24) is 0 Å². The number of ketones is 1. The number of carbonyl (C=O) groups excluding carboxylic acids is 1. The van der Waals surface area contributed by atoms with Crippen LogP contribution in [0.3, 0.4) is 0 Å². The van der Waals surface area contributed by atoms with Gasteiger partial charge in [-0.3, -0.25) is 4.79 Å². The fraction of sp³-hybridized carbons (Fsp3) is 0.857. The van der Waals surface area contributed by atoms with Crippen molar-refractivity contribution in [2.45, 2.75) is 31.4 Å². The van der Waals surface area contributed by atoms with E-state index >= 15 is 0 Å². The summed E-state index contributed by atoms with van der Waals surface area (Å²) in [7, 11) is 0. The van der Waals surface area contributed by atoms with Crippen LogP contribution in [0.1, 0.15) is 26.2 Å². The molecular weight excluding hydrogens is 132 g/mol. The van der Waals surface area contributed by atoms with Gasteiger partial charge in [-0.15, -0.1) is 0 Å². The third-order valence-corrected chi connectivity index (χ3v) is 2.81. The Balaban J connectivity index is 2.22. The van der Waals surface area contributed by atoms with Gasteiger partial charge < -0.3 is 0 Å². The summed E-state index contributed by atoms with van der Waals surface area (Å²) in [5.74, 6) is 1.61. The van der Waals surface area contributed by atoms with Crippen LogP contribution in [0.2, 0.25) is 0 Å². The Labute approximate surface area is 60.2 Å². The third kappa shape index (κ3) is 2.01. The first-order valence-corrected chi connectivity index (χ1v) is 4.51. The molecule has 0 N–H and O–H groups in total. The molecule has 9 heavy (non-hydrogen) atoms. The Bertz CT molecular complexity index is 111. The van der Waals surface area contributed by atoms with E-state index in [1.54, 1.807) is 0 Å². The molecule has 0 heterocycles. The van der Waals surface area contributed by atoms with E-state index in [-0.39, 0.29) is 0 Å². The average Bonchev–Trinajstić information content (AvgIpc) is 2.17. The van der Waals surface area contributed by atoms with E-state index < -0.39 is 0 Å². The summed E-state index contributed by atoms with van der Waals surface area (Å²) in [6.45, 7) is 2.15. The summed E-state index contributed by atoms with van der Waals surface area (Å²) < 4.78 is 0. The van der Waals surface area contributed by atoms with Gasteiger partial charge in [0.1, 0.15) is 5.78 Å². The smallest absolute Gasteiger partial charge is 0.134 e.